The van der Waals surface area contributed by atoms with E-state index in [9.17, 15) is 4.79 Å². The molecule has 3 heterocycles. The van der Waals surface area contributed by atoms with Crippen LogP contribution in [0.4, 0.5) is 0 Å². The molecule has 4 nitrogen and oxygen atoms in total. The maximum atomic E-state index is 12.2. The van der Waals surface area contributed by atoms with Crippen molar-refractivity contribution >= 4 is 16.9 Å². The van der Waals surface area contributed by atoms with E-state index < -0.39 is 0 Å². The predicted octanol–water partition coefficient (Wildman–Crippen LogP) is 5.43. The second-order valence-electron chi connectivity index (χ2n) is 9.02. The maximum absolute atomic E-state index is 12.2. The highest BCUT2D eigenvalue weighted by molar-refractivity contribution is 5.81. The van der Waals surface area contributed by atoms with Gasteiger partial charge in [-0.25, -0.2) is 0 Å². The van der Waals surface area contributed by atoms with Gasteiger partial charge in [0.05, 0.1) is 6.26 Å². The number of furan rings is 1. The van der Waals surface area contributed by atoms with Gasteiger partial charge >= 0.3 is 0 Å². The van der Waals surface area contributed by atoms with E-state index in [2.05, 4.69) is 34.9 Å². The standard InChI is InChI=1S/C25H36N2O2/c1-2-3-8-25(28)27-17-10-20(11-18-27)9-14-26-15-12-21(13-16-26)23-19-29-24-7-5-4-6-22(23)24/h4-7,19-21H,2-3,8-18H2,1H3. The molecule has 1 aromatic carbocycles. The Labute approximate surface area is 175 Å². The van der Waals surface area contributed by atoms with E-state index in [0.29, 0.717) is 11.8 Å². The Morgan fingerprint density at radius 2 is 1.83 bits per heavy atom. The first-order valence-corrected chi connectivity index (χ1v) is 11.7. The molecule has 2 aliphatic heterocycles. The number of hydrogen-bond acceptors (Lipinski definition) is 3. The summed E-state index contributed by atoms with van der Waals surface area (Å²) in [6, 6.07) is 8.42. The van der Waals surface area contributed by atoms with Crippen LogP contribution >= 0.6 is 0 Å². The molecule has 0 spiro atoms. The molecule has 2 fully saturated rings. The predicted molar refractivity (Wildman–Crippen MR) is 118 cm³/mol. The number of unbranched alkanes of at least 4 members (excludes halogenated alkanes) is 1. The normalized spacial score (nSPS) is 19.8. The fourth-order valence-electron chi connectivity index (χ4n) is 5.10. The van der Waals surface area contributed by atoms with Crippen LogP contribution in [0, 0.1) is 5.92 Å². The van der Waals surface area contributed by atoms with Gasteiger partial charge in [0.15, 0.2) is 0 Å². The number of nitrogens with zero attached hydrogens (tertiary/aromatic N) is 2. The lowest BCUT2D eigenvalue weighted by Gasteiger charge is -2.35. The average molecular weight is 397 g/mol. The summed E-state index contributed by atoms with van der Waals surface area (Å²) in [6.45, 7) is 7.70. The van der Waals surface area contributed by atoms with E-state index in [1.165, 1.54) is 62.7 Å². The fraction of sp³-hybridized carbons (Fsp3) is 0.640. The number of benzene rings is 1. The van der Waals surface area contributed by atoms with Crippen LogP contribution in [-0.2, 0) is 4.79 Å². The molecule has 0 radical (unpaired) electrons. The number of carbonyl (C=O) groups is 1. The third kappa shape index (κ3) is 5.03. The highest BCUT2D eigenvalue weighted by Gasteiger charge is 2.26. The Morgan fingerprint density at radius 1 is 1.07 bits per heavy atom. The fourth-order valence-corrected chi connectivity index (χ4v) is 5.10. The molecule has 29 heavy (non-hydrogen) atoms. The Hall–Kier alpha value is -1.81. The smallest absolute Gasteiger partial charge is 0.222 e. The number of likely N-dealkylation sites (tertiary alicyclic amines) is 2. The first-order chi connectivity index (χ1) is 14.2. The van der Waals surface area contributed by atoms with Gasteiger partial charge in [-0.05, 0) is 76.1 Å². The lowest BCUT2D eigenvalue weighted by molar-refractivity contribution is -0.132. The highest BCUT2D eigenvalue weighted by Crippen LogP contribution is 2.34. The molecule has 0 bridgehead atoms. The van der Waals surface area contributed by atoms with Gasteiger partial charge in [0.2, 0.25) is 5.91 Å². The number of fused-ring (bicyclic) bond motifs is 1. The summed E-state index contributed by atoms with van der Waals surface area (Å²) in [5.41, 5.74) is 2.42. The zero-order valence-corrected chi connectivity index (χ0v) is 17.9. The Kier molecular flexibility index (Phi) is 6.91. The molecule has 1 amide bonds. The molecule has 0 unspecified atom stereocenters. The van der Waals surface area contributed by atoms with Crippen molar-refractivity contribution in [3.63, 3.8) is 0 Å². The number of para-hydroxylation sites is 1. The molecule has 2 aromatic rings. The molecule has 0 atom stereocenters. The van der Waals surface area contributed by atoms with E-state index in [0.717, 1.165) is 43.9 Å². The lowest BCUT2D eigenvalue weighted by atomic mass is 9.88. The van der Waals surface area contributed by atoms with Crippen LogP contribution < -0.4 is 0 Å². The van der Waals surface area contributed by atoms with Gasteiger partial charge in [-0.3, -0.25) is 4.79 Å². The summed E-state index contributed by atoms with van der Waals surface area (Å²) < 4.78 is 5.76. The SMILES string of the molecule is CCCCC(=O)N1CCC(CCN2CCC(c3coc4ccccc34)CC2)CC1. The van der Waals surface area contributed by atoms with E-state index in [4.69, 9.17) is 4.42 Å². The van der Waals surface area contributed by atoms with Crippen molar-refractivity contribution in [2.75, 3.05) is 32.7 Å². The van der Waals surface area contributed by atoms with Gasteiger partial charge in [-0.1, -0.05) is 31.5 Å². The van der Waals surface area contributed by atoms with Crippen LogP contribution in [0.3, 0.4) is 0 Å². The first-order valence-electron chi connectivity index (χ1n) is 11.7. The van der Waals surface area contributed by atoms with Gasteiger partial charge in [0, 0.05) is 30.5 Å². The third-order valence-corrected chi connectivity index (χ3v) is 7.10. The molecule has 4 heteroatoms. The number of carbonyl (C=O) groups excluding carboxylic acids is 1. The molecule has 158 valence electrons. The number of rotatable bonds is 7. The van der Waals surface area contributed by atoms with Gasteiger partial charge < -0.3 is 14.2 Å². The zero-order chi connectivity index (χ0) is 20.1. The highest BCUT2D eigenvalue weighted by atomic mass is 16.3. The number of amides is 1. The van der Waals surface area contributed by atoms with Crippen LogP contribution in [0.1, 0.15) is 69.8 Å². The third-order valence-electron chi connectivity index (χ3n) is 7.10. The summed E-state index contributed by atoms with van der Waals surface area (Å²) in [5, 5.41) is 1.30. The minimum absolute atomic E-state index is 0.374. The van der Waals surface area contributed by atoms with Crippen LogP contribution in [0.2, 0.25) is 0 Å². The van der Waals surface area contributed by atoms with Crippen molar-refractivity contribution in [3.05, 3.63) is 36.1 Å². The lowest BCUT2D eigenvalue weighted by Crippen LogP contribution is -2.40. The zero-order valence-electron chi connectivity index (χ0n) is 17.9. The number of hydrogen-bond donors (Lipinski definition) is 0. The molecule has 2 aliphatic rings. The van der Waals surface area contributed by atoms with Gasteiger partial charge in [-0.15, -0.1) is 0 Å². The molecule has 2 saturated heterocycles. The van der Waals surface area contributed by atoms with E-state index in [1.54, 1.807) is 0 Å². The van der Waals surface area contributed by atoms with E-state index in [-0.39, 0.29) is 0 Å². The van der Waals surface area contributed by atoms with Gasteiger partial charge in [0.25, 0.3) is 0 Å². The summed E-state index contributed by atoms with van der Waals surface area (Å²) in [5.74, 6) is 1.80. The summed E-state index contributed by atoms with van der Waals surface area (Å²) in [7, 11) is 0. The second kappa shape index (κ2) is 9.80. The van der Waals surface area contributed by atoms with Gasteiger partial charge in [0.1, 0.15) is 5.58 Å². The van der Waals surface area contributed by atoms with Crippen LogP contribution in [0.5, 0.6) is 0 Å². The van der Waals surface area contributed by atoms with E-state index in [1.807, 2.05) is 12.3 Å². The van der Waals surface area contributed by atoms with Crippen molar-refractivity contribution in [2.45, 2.75) is 64.2 Å². The largest absolute Gasteiger partial charge is 0.464 e. The Bertz CT molecular complexity index is 783. The molecule has 4 rings (SSSR count). The molecule has 0 saturated carbocycles. The summed E-state index contributed by atoms with van der Waals surface area (Å²) >= 11 is 0. The summed E-state index contributed by atoms with van der Waals surface area (Å²) in [4.78, 5) is 16.9. The average Bonchev–Trinajstić information content (AvgIpc) is 3.21. The Morgan fingerprint density at radius 3 is 2.59 bits per heavy atom. The minimum atomic E-state index is 0.374. The van der Waals surface area contributed by atoms with Crippen molar-refractivity contribution in [1.29, 1.82) is 0 Å². The monoisotopic (exact) mass is 396 g/mol. The van der Waals surface area contributed by atoms with Crippen LogP contribution in [0.15, 0.2) is 34.9 Å². The molecule has 1 aromatic heterocycles. The van der Waals surface area contributed by atoms with Crippen LogP contribution in [0.25, 0.3) is 11.0 Å². The maximum Gasteiger partial charge on any atom is 0.222 e. The Balaban J connectivity index is 1.18. The quantitative estimate of drug-likeness (QED) is 0.626. The van der Waals surface area contributed by atoms with Crippen molar-refractivity contribution in [1.82, 2.24) is 9.80 Å². The van der Waals surface area contributed by atoms with Crippen LogP contribution in [-0.4, -0.2) is 48.4 Å². The molecule has 0 aliphatic carbocycles. The minimum Gasteiger partial charge on any atom is -0.464 e. The van der Waals surface area contributed by atoms with Crippen molar-refractivity contribution in [3.8, 4) is 0 Å². The second-order valence-corrected chi connectivity index (χ2v) is 9.02. The van der Waals surface area contributed by atoms with Crippen molar-refractivity contribution in [2.24, 2.45) is 5.92 Å². The molecular weight excluding hydrogens is 360 g/mol. The van der Waals surface area contributed by atoms with Crippen molar-refractivity contribution < 1.29 is 9.21 Å². The first kappa shape index (κ1) is 20.5. The number of piperidine rings is 2. The topological polar surface area (TPSA) is 36.7 Å². The molecule has 0 N–H and O–H groups in total. The molecular formula is C25H36N2O2. The van der Waals surface area contributed by atoms with Gasteiger partial charge in [-0.2, -0.15) is 0 Å². The summed E-state index contributed by atoms with van der Waals surface area (Å²) in [6.07, 6.45) is 11.0. The van der Waals surface area contributed by atoms with E-state index >= 15 is 0 Å².